The third-order valence-corrected chi connectivity index (χ3v) is 12.3. The summed E-state index contributed by atoms with van der Waals surface area (Å²) in [4.78, 5) is 17.4. The van der Waals surface area contributed by atoms with E-state index in [1.165, 1.54) is 33.2 Å². The van der Waals surface area contributed by atoms with E-state index in [0.717, 1.165) is 74.5 Å². The number of pyridine rings is 2. The van der Waals surface area contributed by atoms with Gasteiger partial charge in [-0.1, -0.05) is 110 Å². The molecule has 0 amide bonds. The lowest BCUT2D eigenvalue weighted by Gasteiger charge is -2.46. The molecule has 3 aliphatic rings. The predicted octanol–water partition coefficient (Wildman–Crippen LogP) is 12.0. The number of aryl methyl sites for hydroxylation is 2. The van der Waals surface area contributed by atoms with Crippen molar-refractivity contribution in [2.75, 3.05) is 14.7 Å². The summed E-state index contributed by atoms with van der Waals surface area (Å²) in [5.74, 6) is 0.370. The van der Waals surface area contributed by atoms with Crippen molar-refractivity contribution in [1.29, 1.82) is 0 Å². The summed E-state index contributed by atoms with van der Waals surface area (Å²) in [6.07, 6.45) is 9.66. The first-order valence-corrected chi connectivity index (χ1v) is 21.3. The summed E-state index contributed by atoms with van der Waals surface area (Å²) in [5, 5.41) is 0. The minimum atomic E-state index is -0.0160. The largest absolute Gasteiger partial charge is 0.311 e. The van der Waals surface area contributed by atoms with Gasteiger partial charge < -0.3 is 14.7 Å². The zero-order valence-electron chi connectivity index (χ0n) is 34.6. The number of hydrogen-bond acceptors (Lipinski definition) is 5. The molecule has 0 saturated carbocycles. The molecule has 61 heavy (non-hydrogen) atoms. The average molecular weight is 786 g/mol. The molecule has 0 bridgehead atoms. The summed E-state index contributed by atoms with van der Waals surface area (Å²) < 4.78 is 0. The maximum Gasteiger partial charge on any atom is 0.252 e. The van der Waals surface area contributed by atoms with Crippen LogP contribution in [0.2, 0.25) is 0 Å². The van der Waals surface area contributed by atoms with E-state index in [4.69, 9.17) is 9.97 Å². The Morgan fingerprint density at radius 3 is 1.69 bits per heavy atom. The maximum absolute atomic E-state index is 5.01. The lowest BCUT2D eigenvalue weighted by atomic mass is 9.33. The van der Waals surface area contributed by atoms with Gasteiger partial charge in [0, 0.05) is 57.7 Å². The summed E-state index contributed by atoms with van der Waals surface area (Å²) >= 11 is 0. The van der Waals surface area contributed by atoms with Crippen molar-refractivity contribution in [3.63, 3.8) is 0 Å². The predicted molar refractivity (Wildman–Crippen MR) is 256 cm³/mol. The Kier molecular flexibility index (Phi) is 9.00. The lowest BCUT2D eigenvalue weighted by Crippen LogP contribution is -2.61. The first-order chi connectivity index (χ1) is 30.0. The molecule has 0 saturated heterocycles. The number of rotatable bonds is 7. The molecule has 1 unspecified atom stereocenters. The van der Waals surface area contributed by atoms with Gasteiger partial charge in [0.25, 0.3) is 6.71 Å². The van der Waals surface area contributed by atoms with Crippen LogP contribution in [-0.4, -0.2) is 16.7 Å². The Morgan fingerprint density at radius 1 is 0.525 bits per heavy atom. The smallest absolute Gasteiger partial charge is 0.252 e. The van der Waals surface area contributed by atoms with Crippen LogP contribution < -0.4 is 31.1 Å². The molecule has 5 nitrogen and oxygen atoms in total. The zero-order chi connectivity index (χ0) is 41.0. The zero-order valence-corrected chi connectivity index (χ0v) is 34.6. The van der Waals surface area contributed by atoms with E-state index in [0.29, 0.717) is 5.92 Å². The van der Waals surface area contributed by atoms with Crippen LogP contribution in [-0.2, 0) is 0 Å². The van der Waals surface area contributed by atoms with E-state index in [-0.39, 0.29) is 6.71 Å². The third kappa shape index (κ3) is 6.26. The van der Waals surface area contributed by atoms with Crippen molar-refractivity contribution in [2.24, 2.45) is 5.92 Å². The monoisotopic (exact) mass is 785 g/mol. The number of benzene rings is 6. The normalized spacial score (nSPS) is 15.0. The highest BCUT2D eigenvalue weighted by atomic mass is 15.2. The number of aromatic nitrogens is 2. The van der Waals surface area contributed by atoms with E-state index in [1.54, 1.807) is 0 Å². The molecule has 4 heterocycles. The highest BCUT2D eigenvalue weighted by Gasteiger charge is 2.45. The van der Waals surface area contributed by atoms with Gasteiger partial charge in [-0.05, 0) is 133 Å². The number of fused-ring (bicyclic) bond motifs is 4. The van der Waals surface area contributed by atoms with Gasteiger partial charge in [0.1, 0.15) is 0 Å². The van der Waals surface area contributed by atoms with Crippen molar-refractivity contribution >= 4 is 74.2 Å². The topological polar surface area (TPSA) is 35.5 Å². The van der Waals surface area contributed by atoms with Crippen LogP contribution in [0.25, 0.3) is 16.8 Å². The molecule has 1 atom stereocenters. The van der Waals surface area contributed by atoms with Crippen LogP contribution in [0.4, 0.5) is 45.5 Å². The van der Waals surface area contributed by atoms with Crippen molar-refractivity contribution in [2.45, 2.75) is 27.2 Å². The van der Waals surface area contributed by atoms with Crippen LogP contribution in [0, 0.1) is 19.8 Å². The molecule has 0 radical (unpaired) electrons. The fourth-order valence-electron chi connectivity index (χ4n) is 9.66. The average Bonchev–Trinajstić information content (AvgIpc) is 3.30. The Labute approximate surface area is 358 Å². The van der Waals surface area contributed by atoms with E-state index in [1.807, 2.05) is 12.4 Å². The fraction of sp³-hybridized carbons (Fsp3) is 0.0909. The second-order valence-electron chi connectivity index (χ2n) is 16.5. The Balaban J connectivity index is 1.25. The second kappa shape index (κ2) is 15.0. The number of para-hydroxylation sites is 5. The molecule has 0 spiro atoms. The first kappa shape index (κ1) is 36.6. The van der Waals surface area contributed by atoms with Gasteiger partial charge >= 0.3 is 0 Å². The molecule has 292 valence electrons. The third-order valence-electron chi connectivity index (χ3n) is 12.3. The highest BCUT2D eigenvalue weighted by molar-refractivity contribution is 7.00. The van der Waals surface area contributed by atoms with Gasteiger partial charge in [0.05, 0.1) is 28.5 Å². The summed E-state index contributed by atoms with van der Waals surface area (Å²) in [7, 11) is 0. The van der Waals surface area contributed by atoms with Gasteiger partial charge in [-0.25, -0.2) is 0 Å². The minimum Gasteiger partial charge on any atom is -0.311 e. The van der Waals surface area contributed by atoms with Crippen LogP contribution in [0.3, 0.4) is 0 Å². The van der Waals surface area contributed by atoms with E-state index in [2.05, 4.69) is 217 Å². The second-order valence-corrected chi connectivity index (χ2v) is 16.5. The van der Waals surface area contributed by atoms with Crippen LogP contribution in [0.15, 0.2) is 200 Å². The van der Waals surface area contributed by atoms with Crippen LogP contribution in [0.1, 0.15) is 30.2 Å². The van der Waals surface area contributed by atoms with Crippen molar-refractivity contribution in [3.8, 4) is 11.3 Å². The van der Waals surface area contributed by atoms with E-state index < -0.39 is 0 Å². The van der Waals surface area contributed by atoms with Gasteiger partial charge in [-0.2, -0.15) is 0 Å². The SMILES string of the molecule is Cc1ccnc(C2=CC(C)CC=C2N2c3ccccc3B3c4ccccc4N(c4ccccc4-c4cc(C)ccn4)c4cc(N(c5ccccc5)c5ccccc5)cc2c43)c1. The summed E-state index contributed by atoms with van der Waals surface area (Å²) in [5.41, 5.74) is 20.5. The van der Waals surface area contributed by atoms with Gasteiger partial charge in [-0.15, -0.1) is 0 Å². The highest BCUT2D eigenvalue weighted by Crippen LogP contribution is 2.50. The molecule has 8 aromatic rings. The van der Waals surface area contributed by atoms with Gasteiger partial charge in [0.2, 0.25) is 0 Å². The molecule has 11 rings (SSSR count). The molecule has 0 N–H and O–H groups in total. The molecule has 1 aliphatic carbocycles. The van der Waals surface area contributed by atoms with Gasteiger partial charge in [-0.3, -0.25) is 9.97 Å². The Hall–Kier alpha value is -7.44. The Bertz CT molecular complexity index is 2990. The number of anilines is 8. The molecule has 6 aromatic carbocycles. The maximum atomic E-state index is 5.01. The molecular formula is C55H44BN5. The number of allylic oxidation sites excluding steroid dienone is 3. The molecule has 0 fully saturated rings. The van der Waals surface area contributed by atoms with Crippen molar-refractivity contribution in [3.05, 3.63) is 217 Å². The summed E-state index contributed by atoms with van der Waals surface area (Å²) in [6.45, 7) is 6.58. The molecular weight excluding hydrogens is 741 g/mol. The standard InChI is InChI=1S/C55H44BN5/c1-37-26-27-50(44(32-37)48-34-39(3)29-31-58-48)61-52-25-15-12-22-46(52)56-45-21-11-14-24-51(45)60(49-23-13-10-20-43(49)47-33-38(2)28-30-57-47)53-35-42(36-54(61)55(53)56)59(40-16-6-4-7-17-40)41-18-8-5-9-19-41/h4-25,27-37H,26H2,1-3H3. The van der Waals surface area contributed by atoms with Gasteiger partial charge in [0.15, 0.2) is 0 Å². The van der Waals surface area contributed by atoms with E-state index in [9.17, 15) is 0 Å². The number of hydrogen-bond donors (Lipinski definition) is 0. The number of nitrogens with zero attached hydrogens (tertiary/aromatic N) is 5. The molecule has 2 aliphatic heterocycles. The first-order valence-electron chi connectivity index (χ1n) is 21.3. The van der Waals surface area contributed by atoms with Crippen LogP contribution in [0.5, 0.6) is 0 Å². The van der Waals surface area contributed by atoms with Crippen LogP contribution >= 0.6 is 0 Å². The molecule has 2 aromatic heterocycles. The quantitative estimate of drug-likeness (QED) is 0.150. The fourth-order valence-corrected chi connectivity index (χ4v) is 9.66. The minimum absolute atomic E-state index is 0.0160. The summed E-state index contributed by atoms with van der Waals surface area (Å²) in [6, 6.07) is 61.7. The van der Waals surface area contributed by atoms with Crippen molar-refractivity contribution in [1.82, 2.24) is 9.97 Å². The molecule has 6 heteroatoms. The Morgan fingerprint density at radius 2 is 1.05 bits per heavy atom. The van der Waals surface area contributed by atoms with E-state index >= 15 is 0 Å². The lowest BCUT2D eigenvalue weighted by molar-refractivity contribution is 0.732. The van der Waals surface area contributed by atoms with Crippen molar-refractivity contribution < 1.29 is 0 Å².